The van der Waals surface area contributed by atoms with Crippen molar-refractivity contribution >= 4 is 28.9 Å². The fourth-order valence-corrected chi connectivity index (χ4v) is 2.90. The van der Waals surface area contributed by atoms with Crippen LogP contribution in [0, 0.1) is 0 Å². The van der Waals surface area contributed by atoms with Crippen LogP contribution in [-0.2, 0) is 0 Å². The lowest BCUT2D eigenvalue weighted by atomic mass is 10.1. The van der Waals surface area contributed by atoms with Gasteiger partial charge in [-0.25, -0.2) is 0 Å². The first-order chi connectivity index (χ1) is 8.63. The predicted octanol–water partition coefficient (Wildman–Crippen LogP) is 2.98. The summed E-state index contributed by atoms with van der Waals surface area (Å²) in [5.74, 6) is 0. The van der Waals surface area contributed by atoms with E-state index in [1.807, 2.05) is 6.07 Å². The van der Waals surface area contributed by atoms with Crippen LogP contribution in [0.15, 0.2) is 12.1 Å². The van der Waals surface area contributed by atoms with E-state index in [1.165, 1.54) is 19.3 Å². The van der Waals surface area contributed by atoms with Gasteiger partial charge in [0.1, 0.15) is 0 Å². The Morgan fingerprint density at radius 3 is 2.44 bits per heavy atom. The van der Waals surface area contributed by atoms with Crippen molar-refractivity contribution in [3.63, 3.8) is 0 Å². The van der Waals surface area contributed by atoms with Crippen molar-refractivity contribution in [1.82, 2.24) is 0 Å². The Bertz CT molecular complexity index is 420. The summed E-state index contributed by atoms with van der Waals surface area (Å²) in [6, 6.07) is 3.15. The first-order valence-electron chi connectivity index (χ1n) is 6.24. The highest BCUT2D eigenvalue weighted by atomic mass is 35.5. The van der Waals surface area contributed by atoms with E-state index in [9.17, 15) is 0 Å². The Morgan fingerprint density at radius 1 is 1.17 bits per heavy atom. The molecular weight excluding hydrogens is 271 g/mol. The molecule has 3 N–H and O–H groups in total. The van der Waals surface area contributed by atoms with E-state index >= 15 is 0 Å². The maximum absolute atomic E-state index is 9.08. The second-order valence-electron chi connectivity index (χ2n) is 4.66. The number of benzene rings is 1. The van der Waals surface area contributed by atoms with Gasteiger partial charge < -0.3 is 15.7 Å². The van der Waals surface area contributed by atoms with E-state index < -0.39 is 6.04 Å². The van der Waals surface area contributed by atoms with Gasteiger partial charge in [0.05, 0.1) is 23.4 Å². The number of aliphatic hydroxyl groups is 1. The van der Waals surface area contributed by atoms with Crippen molar-refractivity contribution in [3.05, 3.63) is 27.7 Å². The minimum atomic E-state index is -0.481. The zero-order valence-electron chi connectivity index (χ0n) is 10.2. The molecule has 0 unspecified atom stereocenters. The zero-order valence-corrected chi connectivity index (χ0v) is 11.7. The number of aliphatic hydroxyl groups excluding tert-OH is 1. The summed E-state index contributed by atoms with van der Waals surface area (Å²) < 4.78 is 0. The first kappa shape index (κ1) is 13.9. The van der Waals surface area contributed by atoms with Crippen molar-refractivity contribution in [2.75, 3.05) is 24.6 Å². The molecule has 0 saturated carbocycles. The number of halogens is 2. The van der Waals surface area contributed by atoms with E-state index in [0.29, 0.717) is 15.6 Å². The Kier molecular flexibility index (Phi) is 4.73. The Balaban J connectivity index is 2.30. The third-order valence-electron chi connectivity index (χ3n) is 3.36. The standard InChI is InChI=1S/C13H18Cl2N2O/c14-10-7-13(17-4-2-1-3-5-17)11(15)6-9(10)12(16)8-18/h6-7,12,18H,1-5,8,16H2/t12-/m1/s1. The van der Waals surface area contributed by atoms with Crippen LogP contribution in [0.25, 0.3) is 0 Å². The monoisotopic (exact) mass is 288 g/mol. The third kappa shape index (κ3) is 2.91. The molecule has 0 radical (unpaired) electrons. The van der Waals surface area contributed by atoms with E-state index in [-0.39, 0.29) is 6.61 Å². The van der Waals surface area contributed by atoms with E-state index in [4.69, 9.17) is 34.0 Å². The van der Waals surface area contributed by atoms with Crippen molar-refractivity contribution in [2.24, 2.45) is 5.73 Å². The van der Waals surface area contributed by atoms with Gasteiger partial charge in [0, 0.05) is 18.1 Å². The number of hydrogen-bond acceptors (Lipinski definition) is 3. The first-order valence-corrected chi connectivity index (χ1v) is 6.99. The maximum Gasteiger partial charge on any atom is 0.0643 e. The summed E-state index contributed by atoms with van der Waals surface area (Å²) in [6.07, 6.45) is 3.65. The molecule has 1 atom stereocenters. The van der Waals surface area contributed by atoms with Crippen LogP contribution in [0.5, 0.6) is 0 Å². The molecule has 2 rings (SSSR count). The van der Waals surface area contributed by atoms with E-state index in [1.54, 1.807) is 6.07 Å². The number of hydrogen-bond donors (Lipinski definition) is 2. The second kappa shape index (κ2) is 6.11. The van der Waals surface area contributed by atoms with Crippen molar-refractivity contribution in [1.29, 1.82) is 0 Å². The predicted molar refractivity (Wildman–Crippen MR) is 76.5 cm³/mol. The average molecular weight is 289 g/mol. The highest BCUT2D eigenvalue weighted by Crippen LogP contribution is 2.35. The van der Waals surface area contributed by atoms with Crippen LogP contribution in [-0.4, -0.2) is 24.8 Å². The average Bonchev–Trinajstić information content (AvgIpc) is 2.41. The number of nitrogens with two attached hydrogens (primary N) is 1. The number of nitrogens with zero attached hydrogens (tertiary/aromatic N) is 1. The fourth-order valence-electron chi connectivity index (χ4n) is 2.31. The molecule has 0 amide bonds. The molecule has 1 heterocycles. The molecule has 5 heteroatoms. The quantitative estimate of drug-likeness (QED) is 0.899. The number of rotatable bonds is 3. The molecule has 3 nitrogen and oxygen atoms in total. The Morgan fingerprint density at radius 2 is 1.83 bits per heavy atom. The molecule has 100 valence electrons. The molecule has 1 fully saturated rings. The van der Waals surface area contributed by atoms with Gasteiger partial charge in [-0.3, -0.25) is 0 Å². The number of anilines is 1. The Hall–Kier alpha value is -0.480. The van der Waals surface area contributed by atoms with Crippen LogP contribution >= 0.6 is 23.2 Å². The van der Waals surface area contributed by atoms with Crippen LogP contribution in [0.1, 0.15) is 30.9 Å². The highest BCUT2D eigenvalue weighted by Gasteiger charge is 2.18. The lowest BCUT2D eigenvalue weighted by molar-refractivity contribution is 0.268. The minimum Gasteiger partial charge on any atom is -0.394 e. The molecule has 1 saturated heterocycles. The molecule has 1 aromatic rings. The van der Waals surface area contributed by atoms with Gasteiger partial charge in [-0.2, -0.15) is 0 Å². The lowest BCUT2D eigenvalue weighted by Crippen LogP contribution is -2.29. The molecular formula is C13H18Cl2N2O. The fraction of sp³-hybridized carbons (Fsp3) is 0.538. The van der Waals surface area contributed by atoms with Gasteiger partial charge >= 0.3 is 0 Å². The van der Waals surface area contributed by atoms with Crippen molar-refractivity contribution < 1.29 is 5.11 Å². The molecule has 0 spiro atoms. The molecule has 18 heavy (non-hydrogen) atoms. The molecule has 1 aliphatic rings. The normalized spacial score (nSPS) is 17.9. The summed E-state index contributed by atoms with van der Waals surface area (Å²) in [5.41, 5.74) is 7.45. The lowest BCUT2D eigenvalue weighted by Gasteiger charge is -2.30. The minimum absolute atomic E-state index is 0.140. The van der Waals surface area contributed by atoms with Gasteiger partial charge in [-0.15, -0.1) is 0 Å². The highest BCUT2D eigenvalue weighted by molar-refractivity contribution is 6.35. The van der Waals surface area contributed by atoms with Crippen LogP contribution in [0.4, 0.5) is 5.69 Å². The van der Waals surface area contributed by atoms with Crippen molar-refractivity contribution in [2.45, 2.75) is 25.3 Å². The van der Waals surface area contributed by atoms with Crippen LogP contribution < -0.4 is 10.6 Å². The second-order valence-corrected chi connectivity index (χ2v) is 5.48. The van der Waals surface area contributed by atoms with E-state index in [0.717, 1.165) is 18.8 Å². The van der Waals surface area contributed by atoms with Crippen LogP contribution in [0.3, 0.4) is 0 Å². The van der Waals surface area contributed by atoms with Gasteiger partial charge in [0.2, 0.25) is 0 Å². The maximum atomic E-state index is 9.08. The summed E-state index contributed by atoms with van der Waals surface area (Å²) in [5, 5.41) is 10.3. The van der Waals surface area contributed by atoms with E-state index in [2.05, 4.69) is 4.90 Å². The summed E-state index contributed by atoms with van der Waals surface area (Å²) >= 11 is 12.5. The molecule has 1 aliphatic heterocycles. The van der Waals surface area contributed by atoms with Crippen molar-refractivity contribution in [3.8, 4) is 0 Å². The van der Waals surface area contributed by atoms with Gasteiger partial charge in [-0.05, 0) is 37.0 Å². The molecule has 0 aliphatic carbocycles. The molecule has 0 aromatic heterocycles. The van der Waals surface area contributed by atoms with Gasteiger partial charge in [0.15, 0.2) is 0 Å². The number of piperidine rings is 1. The zero-order chi connectivity index (χ0) is 13.1. The SMILES string of the molecule is N[C@H](CO)c1cc(Cl)c(N2CCCCC2)cc1Cl. The largest absolute Gasteiger partial charge is 0.394 e. The third-order valence-corrected chi connectivity index (χ3v) is 3.99. The summed E-state index contributed by atoms with van der Waals surface area (Å²) in [4.78, 5) is 2.26. The molecule has 1 aromatic carbocycles. The topological polar surface area (TPSA) is 49.5 Å². The smallest absolute Gasteiger partial charge is 0.0643 e. The summed E-state index contributed by atoms with van der Waals surface area (Å²) in [7, 11) is 0. The van der Waals surface area contributed by atoms with Gasteiger partial charge in [0.25, 0.3) is 0 Å². The van der Waals surface area contributed by atoms with Crippen LogP contribution in [0.2, 0.25) is 10.0 Å². The molecule has 0 bridgehead atoms. The summed E-state index contributed by atoms with van der Waals surface area (Å²) in [6.45, 7) is 1.89. The Labute approximate surface area is 117 Å². The van der Waals surface area contributed by atoms with Gasteiger partial charge in [-0.1, -0.05) is 23.2 Å².